The Balaban J connectivity index is 2.16. The van der Waals surface area contributed by atoms with Gasteiger partial charge in [0, 0.05) is 0 Å². The molecule has 1 aliphatic heterocycles. The number of rotatable bonds is 4. The van der Waals surface area contributed by atoms with Gasteiger partial charge < -0.3 is 9.47 Å². The highest BCUT2D eigenvalue weighted by molar-refractivity contribution is 5.44. The predicted octanol–water partition coefficient (Wildman–Crippen LogP) is 3.78. The van der Waals surface area contributed by atoms with Gasteiger partial charge in [-0.25, -0.2) is 0 Å². The molecule has 0 atom stereocenters. The average molecular weight is 220 g/mol. The van der Waals surface area contributed by atoms with Crippen molar-refractivity contribution in [2.45, 2.75) is 40.0 Å². The Morgan fingerprint density at radius 2 is 1.81 bits per heavy atom. The largest absolute Gasteiger partial charge is 0.454 e. The van der Waals surface area contributed by atoms with Crippen molar-refractivity contribution in [3.8, 4) is 11.5 Å². The second-order valence-electron chi connectivity index (χ2n) is 4.88. The molecular formula is C14H20O2. The van der Waals surface area contributed by atoms with E-state index in [1.807, 2.05) is 6.07 Å². The van der Waals surface area contributed by atoms with Gasteiger partial charge in [-0.2, -0.15) is 0 Å². The average Bonchev–Trinajstić information content (AvgIpc) is 2.76. The van der Waals surface area contributed by atoms with Gasteiger partial charge in [0.05, 0.1) is 0 Å². The molecule has 0 aromatic heterocycles. The van der Waals surface area contributed by atoms with Gasteiger partial charge in [0.2, 0.25) is 6.79 Å². The van der Waals surface area contributed by atoms with Crippen LogP contribution >= 0.6 is 0 Å². The summed E-state index contributed by atoms with van der Waals surface area (Å²) in [6, 6.07) is 6.28. The van der Waals surface area contributed by atoms with Crippen molar-refractivity contribution in [1.82, 2.24) is 0 Å². The Hall–Kier alpha value is -1.18. The van der Waals surface area contributed by atoms with Crippen LogP contribution in [0.1, 0.15) is 39.2 Å². The van der Waals surface area contributed by atoms with Gasteiger partial charge in [0.25, 0.3) is 0 Å². The summed E-state index contributed by atoms with van der Waals surface area (Å²) in [7, 11) is 0. The van der Waals surface area contributed by atoms with Crippen molar-refractivity contribution >= 4 is 0 Å². The van der Waals surface area contributed by atoms with Crippen LogP contribution in [-0.4, -0.2) is 6.79 Å². The maximum atomic E-state index is 5.40. The Kier molecular flexibility index (Phi) is 3.08. The van der Waals surface area contributed by atoms with E-state index in [-0.39, 0.29) is 0 Å². The molecule has 0 amide bonds. The smallest absolute Gasteiger partial charge is 0.231 e. The number of benzene rings is 1. The molecule has 2 heteroatoms. The Bertz CT molecular complexity index is 367. The first-order valence-electron chi connectivity index (χ1n) is 6.05. The summed E-state index contributed by atoms with van der Waals surface area (Å²) in [4.78, 5) is 0. The van der Waals surface area contributed by atoms with Crippen molar-refractivity contribution < 1.29 is 9.47 Å². The highest BCUT2D eigenvalue weighted by atomic mass is 16.7. The first-order valence-corrected chi connectivity index (χ1v) is 6.05. The van der Waals surface area contributed by atoms with E-state index in [1.165, 1.54) is 18.4 Å². The van der Waals surface area contributed by atoms with Crippen LogP contribution in [0, 0.1) is 5.41 Å². The van der Waals surface area contributed by atoms with Crippen LogP contribution in [0.25, 0.3) is 0 Å². The molecule has 88 valence electrons. The minimum absolute atomic E-state index is 0.359. The van der Waals surface area contributed by atoms with Crippen LogP contribution in [0.5, 0.6) is 11.5 Å². The lowest BCUT2D eigenvalue weighted by Crippen LogP contribution is -2.17. The molecule has 2 nitrogen and oxygen atoms in total. The minimum Gasteiger partial charge on any atom is -0.454 e. The minimum atomic E-state index is 0.359. The van der Waals surface area contributed by atoms with Crippen LogP contribution in [0.3, 0.4) is 0 Å². The van der Waals surface area contributed by atoms with Crippen LogP contribution in [0.4, 0.5) is 0 Å². The number of ether oxygens (including phenoxy) is 2. The molecule has 0 bridgehead atoms. The van der Waals surface area contributed by atoms with Crippen LogP contribution < -0.4 is 9.47 Å². The van der Waals surface area contributed by atoms with E-state index >= 15 is 0 Å². The van der Waals surface area contributed by atoms with E-state index < -0.39 is 0 Å². The van der Waals surface area contributed by atoms with Gasteiger partial charge in [0.1, 0.15) is 0 Å². The lowest BCUT2D eigenvalue weighted by molar-refractivity contribution is 0.174. The molecule has 2 rings (SSSR count). The maximum absolute atomic E-state index is 5.40. The monoisotopic (exact) mass is 220 g/mol. The molecule has 0 saturated heterocycles. The van der Waals surface area contributed by atoms with E-state index in [4.69, 9.17) is 9.47 Å². The summed E-state index contributed by atoms with van der Waals surface area (Å²) in [5, 5.41) is 0. The Morgan fingerprint density at radius 1 is 1.12 bits per heavy atom. The van der Waals surface area contributed by atoms with Crippen molar-refractivity contribution in [1.29, 1.82) is 0 Å². The van der Waals surface area contributed by atoms with E-state index in [0.717, 1.165) is 17.9 Å². The number of hydrogen-bond acceptors (Lipinski definition) is 2. The molecular weight excluding hydrogens is 200 g/mol. The Morgan fingerprint density at radius 3 is 2.50 bits per heavy atom. The first-order chi connectivity index (χ1) is 7.67. The van der Waals surface area contributed by atoms with Crippen LogP contribution in [0.2, 0.25) is 0 Å². The standard InChI is InChI=1S/C14H20O2/c1-4-14(3,5-2)9-11-6-7-12-13(8-11)16-10-15-12/h6-8H,4-5,9-10H2,1-3H3. The van der Waals surface area contributed by atoms with E-state index in [9.17, 15) is 0 Å². The maximum Gasteiger partial charge on any atom is 0.231 e. The fraction of sp³-hybridized carbons (Fsp3) is 0.571. The lowest BCUT2D eigenvalue weighted by atomic mass is 9.79. The molecule has 0 aliphatic carbocycles. The zero-order valence-electron chi connectivity index (χ0n) is 10.4. The van der Waals surface area contributed by atoms with Crippen molar-refractivity contribution in [3.63, 3.8) is 0 Å². The summed E-state index contributed by atoms with van der Waals surface area (Å²) >= 11 is 0. The van der Waals surface area contributed by atoms with E-state index in [1.54, 1.807) is 0 Å². The molecule has 0 unspecified atom stereocenters. The molecule has 0 fully saturated rings. The van der Waals surface area contributed by atoms with E-state index in [0.29, 0.717) is 12.2 Å². The third-order valence-corrected chi connectivity index (χ3v) is 3.77. The van der Waals surface area contributed by atoms with Gasteiger partial charge in [0.15, 0.2) is 11.5 Å². The summed E-state index contributed by atoms with van der Waals surface area (Å²) in [5.41, 5.74) is 1.74. The highest BCUT2D eigenvalue weighted by Crippen LogP contribution is 2.36. The summed E-state index contributed by atoms with van der Waals surface area (Å²) in [5.74, 6) is 1.77. The lowest BCUT2D eigenvalue weighted by Gasteiger charge is -2.26. The van der Waals surface area contributed by atoms with Crippen molar-refractivity contribution in [2.75, 3.05) is 6.79 Å². The van der Waals surface area contributed by atoms with Crippen LogP contribution in [-0.2, 0) is 6.42 Å². The summed E-state index contributed by atoms with van der Waals surface area (Å²) in [6.45, 7) is 7.22. The molecule has 1 aromatic carbocycles. The summed E-state index contributed by atoms with van der Waals surface area (Å²) in [6.07, 6.45) is 3.52. The third-order valence-electron chi connectivity index (χ3n) is 3.77. The quantitative estimate of drug-likeness (QED) is 0.768. The summed E-state index contributed by atoms with van der Waals surface area (Å²) < 4.78 is 10.7. The zero-order valence-corrected chi connectivity index (χ0v) is 10.4. The third kappa shape index (κ3) is 2.16. The molecule has 0 radical (unpaired) electrons. The normalized spacial score (nSPS) is 14.2. The van der Waals surface area contributed by atoms with Gasteiger partial charge >= 0.3 is 0 Å². The molecule has 1 aliphatic rings. The Labute approximate surface area is 97.6 Å². The van der Waals surface area contributed by atoms with Gasteiger partial charge in [-0.05, 0) is 29.5 Å². The van der Waals surface area contributed by atoms with Crippen LogP contribution in [0.15, 0.2) is 18.2 Å². The fourth-order valence-corrected chi connectivity index (χ4v) is 2.04. The van der Waals surface area contributed by atoms with Gasteiger partial charge in [-0.3, -0.25) is 0 Å². The second kappa shape index (κ2) is 4.36. The second-order valence-corrected chi connectivity index (χ2v) is 4.88. The molecule has 0 spiro atoms. The fourth-order valence-electron chi connectivity index (χ4n) is 2.04. The zero-order chi connectivity index (χ0) is 11.6. The molecule has 16 heavy (non-hydrogen) atoms. The predicted molar refractivity (Wildman–Crippen MR) is 65.0 cm³/mol. The molecule has 0 saturated carbocycles. The van der Waals surface area contributed by atoms with E-state index in [2.05, 4.69) is 32.9 Å². The number of fused-ring (bicyclic) bond motifs is 1. The first kappa shape index (κ1) is 11.3. The molecule has 1 aromatic rings. The highest BCUT2D eigenvalue weighted by Gasteiger charge is 2.21. The van der Waals surface area contributed by atoms with Crippen molar-refractivity contribution in [2.24, 2.45) is 5.41 Å². The number of hydrogen-bond donors (Lipinski definition) is 0. The topological polar surface area (TPSA) is 18.5 Å². The van der Waals surface area contributed by atoms with Gasteiger partial charge in [-0.15, -0.1) is 0 Å². The molecule has 1 heterocycles. The van der Waals surface area contributed by atoms with Crippen molar-refractivity contribution in [3.05, 3.63) is 23.8 Å². The molecule has 0 N–H and O–H groups in total. The van der Waals surface area contributed by atoms with Gasteiger partial charge in [-0.1, -0.05) is 39.7 Å². The SMILES string of the molecule is CCC(C)(CC)Cc1ccc2c(c1)OCO2.